The van der Waals surface area contributed by atoms with Crippen molar-refractivity contribution in [1.29, 1.82) is 0 Å². The fourth-order valence-electron chi connectivity index (χ4n) is 2.50. The Morgan fingerprint density at radius 2 is 2.11 bits per heavy atom. The van der Waals surface area contributed by atoms with E-state index in [1.807, 2.05) is 36.0 Å². The fraction of sp³-hybridized carbons (Fsp3) is 0.533. The number of alkyl halides is 1. The zero-order valence-corrected chi connectivity index (χ0v) is 12.8. The summed E-state index contributed by atoms with van der Waals surface area (Å²) < 4.78 is 0. The first-order valence-electron chi connectivity index (χ1n) is 6.82. The normalized spacial score (nSPS) is 22.4. The number of amides is 1. The van der Waals surface area contributed by atoms with Gasteiger partial charge in [-0.15, -0.1) is 11.6 Å². The Morgan fingerprint density at radius 1 is 1.37 bits per heavy atom. The highest BCUT2D eigenvalue weighted by atomic mass is 35.5. The first-order chi connectivity index (χ1) is 9.24. The van der Waals surface area contributed by atoms with Gasteiger partial charge in [0, 0.05) is 22.7 Å². The molecule has 0 radical (unpaired) electrons. The molecule has 1 saturated carbocycles. The Balaban J connectivity index is 1.95. The van der Waals surface area contributed by atoms with Crippen molar-refractivity contribution in [2.75, 3.05) is 5.75 Å². The second kappa shape index (κ2) is 7.20. The van der Waals surface area contributed by atoms with Crippen molar-refractivity contribution in [2.45, 2.75) is 43.4 Å². The molecular weight excluding hydrogens is 278 g/mol. The molecule has 4 heteroatoms. The van der Waals surface area contributed by atoms with Gasteiger partial charge in [0.1, 0.15) is 0 Å². The highest BCUT2D eigenvalue weighted by Crippen LogP contribution is 2.30. The summed E-state index contributed by atoms with van der Waals surface area (Å²) in [5.41, 5.74) is 1.76. The number of rotatable bonds is 5. The van der Waals surface area contributed by atoms with Gasteiger partial charge in [0.25, 0.3) is 5.91 Å². The molecule has 0 heterocycles. The van der Waals surface area contributed by atoms with E-state index in [-0.39, 0.29) is 5.91 Å². The van der Waals surface area contributed by atoms with Crippen LogP contribution in [0.25, 0.3) is 0 Å². The van der Waals surface area contributed by atoms with Gasteiger partial charge in [0.2, 0.25) is 0 Å². The summed E-state index contributed by atoms with van der Waals surface area (Å²) in [4.78, 5) is 12.2. The number of benzene rings is 1. The molecule has 19 heavy (non-hydrogen) atoms. The van der Waals surface area contributed by atoms with Crippen LogP contribution in [0.4, 0.5) is 0 Å². The summed E-state index contributed by atoms with van der Waals surface area (Å²) in [6.45, 7) is 2.17. The molecule has 1 amide bonds. The van der Waals surface area contributed by atoms with Crippen molar-refractivity contribution in [3.8, 4) is 0 Å². The number of carbonyl (C=O) groups excluding carboxylic acids is 1. The monoisotopic (exact) mass is 297 g/mol. The van der Waals surface area contributed by atoms with Gasteiger partial charge in [-0.1, -0.05) is 25.5 Å². The number of thioether (sulfide) groups is 1. The zero-order valence-electron chi connectivity index (χ0n) is 11.2. The van der Waals surface area contributed by atoms with Gasteiger partial charge < -0.3 is 5.32 Å². The smallest absolute Gasteiger partial charge is 0.251 e. The van der Waals surface area contributed by atoms with Crippen LogP contribution in [0.5, 0.6) is 0 Å². The van der Waals surface area contributed by atoms with Crippen LogP contribution in [0, 0.1) is 0 Å². The van der Waals surface area contributed by atoms with Crippen molar-refractivity contribution < 1.29 is 4.79 Å². The second-order valence-electron chi connectivity index (χ2n) is 4.84. The van der Waals surface area contributed by atoms with E-state index in [0.717, 1.165) is 23.3 Å². The Bertz CT molecular complexity index is 421. The molecule has 1 aliphatic carbocycles. The van der Waals surface area contributed by atoms with Crippen LogP contribution in [-0.2, 0) is 5.88 Å². The number of hydrogen-bond acceptors (Lipinski definition) is 2. The first kappa shape index (κ1) is 14.7. The molecule has 2 nitrogen and oxygen atoms in total. The van der Waals surface area contributed by atoms with E-state index in [0.29, 0.717) is 17.2 Å². The molecule has 2 atom stereocenters. The molecule has 1 aromatic carbocycles. The summed E-state index contributed by atoms with van der Waals surface area (Å²) >= 11 is 7.70. The largest absolute Gasteiger partial charge is 0.348 e. The minimum atomic E-state index is 0.0368. The molecule has 1 aromatic rings. The first-order valence-corrected chi connectivity index (χ1v) is 8.40. The summed E-state index contributed by atoms with van der Waals surface area (Å²) in [7, 11) is 0. The predicted molar refractivity (Wildman–Crippen MR) is 83.0 cm³/mol. The average Bonchev–Trinajstić information content (AvgIpc) is 2.86. The van der Waals surface area contributed by atoms with Crippen LogP contribution in [0.1, 0.15) is 42.1 Å². The Morgan fingerprint density at radius 3 is 2.74 bits per heavy atom. The van der Waals surface area contributed by atoms with E-state index in [1.165, 1.54) is 12.8 Å². The lowest BCUT2D eigenvalue weighted by Crippen LogP contribution is -2.38. The minimum Gasteiger partial charge on any atom is -0.348 e. The quantitative estimate of drug-likeness (QED) is 0.837. The Hall–Kier alpha value is -0.670. The standard InChI is InChI=1S/C15H20ClNOS/c1-2-19-14-5-3-4-13(14)17-15(18)12-8-6-11(10-16)7-9-12/h6-9,13-14H,2-5,10H2,1H3,(H,17,18). The van der Waals surface area contributed by atoms with E-state index < -0.39 is 0 Å². The number of hydrogen-bond donors (Lipinski definition) is 1. The average molecular weight is 298 g/mol. The molecule has 1 fully saturated rings. The molecule has 0 spiro atoms. The van der Waals surface area contributed by atoms with Crippen LogP contribution in [0.2, 0.25) is 0 Å². The lowest BCUT2D eigenvalue weighted by Gasteiger charge is -2.20. The van der Waals surface area contributed by atoms with Gasteiger partial charge in [-0.25, -0.2) is 0 Å². The maximum absolute atomic E-state index is 12.2. The van der Waals surface area contributed by atoms with Crippen LogP contribution in [0.3, 0.4) is 0 Å². The summed E-state index contributed by atoms with van der Waals surface area (Å²) in [5, 5.41) is 3.75. The van der Waals surface area contributed by atoms with E-state index in [9.17, 15) is 4.79 Å². The molecule has 1 N–H and O–H groups in total. The maximum atomic E-state index is 12.2. The molecule has 0 aliphatic heterocycles. The molecule has 104 valence electrons. The summed E-state index contributed by atoms with van der Waals surface area (Å²) in [5.74, 6) is 1.64. The summed E-state index contributed by atoms with van der Waals surface area (Å²) in [6.07, 6.45) is 3.53. The molecule has 2 rings (SSSR count). The highest BCUT2D eigenvalue weighted by molar-refractivity contribution is 7.99. The second-order valence-corrected chi connectivity index (χ2v) is 6.62. The lowest BCUT2D eigenvalue weighted by atomic mass is 10.1. The third-order valence-electron chi connectivity index (χ3n) is 3.52. The minimum absolute atomic E-state index is 0.0368. The molecule has 0 bridgehead atoms. The van der Waals surface area contributed by atoms with Gasteiger partial charge in [-0.2, -0.15) is 11.8 Å². The van der Waals surface area contributed by atoms with Crippen LogP contribution >= 0.6 is 23.4 Å². The zero-order chi connectivity index (χ0) is 13.7. The number of nitrogens with one attached hydrogen (secondary N) is 1. The van der Waals surface area contributed by atoms with Crippen molar-refractivity contribution in [2.24, 2.45) is 0 Å². The Kier molecular flexibility index (Phi) is 5.59. The fourth-order valence-corrected chi connectivity index (χ4v) is 3.88. The molecular formula is C15H20ClNOS. The SMILES string of the molecule is CCSC1CCCC1NC(=O)c1ccc(CCl)cc1. The topological polar surface area (TPSA) is 29.1 Å². The van der Waals surface area contributed by atoms with Crippen molar-refractivity contribution in [1.82, 2.24) is 5.32 Å². The van der Waals surface area contributed by atoms with Crippen molar-refractivity contribution in [3.05, 3.63) is 35.4 Å². The van der Waals surface area contributed by atoms with Gasteiger partial charge in [0.05, 0.1) is 0 Å². The number of carbonyl (C=O) groups is 1. The van der Waals surface area contributed by atoms with Gasteiger partial charge in [-0.3, -0.25) is 4.79 Å². The van der Waals surface area contributed by atoms with E-state index in [4.69, 9.17) is 11.6 Å². The van der Waals surface area contributed by atoms with Crippen LogP contribution < -0.4 is 5.32 Å². The van der Waals surface area contributed by atoms with Gasteiger partial charge in [-0.05, 0) is 36.3 Å². The highest BCUT2D eigenvalue weighted by Gasteiger charge is 2.28. The third kappa shape index (κ3) is 3.90. The van der Waals surface area contributed by atoms with Crippen LogP contribution in [-0.4, -0.2) is 23.0 Å². The number of halogens is 1. The lowest BCUT2D eigenvalue weighted by molar-refractivity contribution is 0.0938. The predicted octanol–water partition coefficient (Wildman–Crippen LogP) is 3.83. The molecule has 1 aliphatic rings. The molecule has 0 aromatic heterocycles. The van der Waals surface area contributed by atoms with Crippen molar-refractivity contribution in [3.63, 3.8) is 0 Å². The van der Waals surface area contributed by atoms with E-state index in [2.05, 4.69) is 12.2 Å². The maximum Gasteiger partial charge on any atom is 0.251 e. The van der Waals surface area contributed by atoms with Gasteiger partial charge >= 0.3 is 0 Å². The third-order valence-corrected chi connectivity index (χ3v) is 5.15. The molecule has 0 saturated heterocycles. The molecule has 2 unspecified atom stereocenters. The summed E-state index contributed by atoms with van der Waals surface area (Å²) in [6, 6.07) is 7.85. The van der Waals surface area contributed by atoms with Gasteiger partial charge in [0.15, 0.2) is 0 Å². The Labute approximate surface area is 124 Å². The van der Waals surface area contributed by atoms with E-state index >= 15 is 0 Å². The van der Waals surface area contributed by atoms with Crippen molar-refractivity contribution >= 4 is 29.3 Å². The van der Waals surface area contributed by atoms with Crippen LogP contribution in [0.15, 0.2) is 24.3 Å². The van der Waals surface area contributed by atoms with E-state index in [1.54, 1.807) is 0 Å².